The molecule has 0 spiro atoms. The van der Waals surface area contributed by atoms with E-state index < -0.39 is 102 Å². The summed E-state index contributed by atoms with van der Waals surface area (Å²) in [6.45, 7) is 8.52. The van der Waals surface area contributed by atoms with E-state index >= 15 is 8.78 Å². The Hall–Kier alpha value is -5.26. The highest BCUT2D eigenvalue weighted by Gasteiger charge is 2.50. The fourth-order valence-electron chi connectivity index (χ4n) is 7.54. The summed E-state index contributed by atoms with van der Waals surface area (Å²) >= 11 is 3.54. The summed E-state index contributed by atoms with van der Waals surface area (Å²) in [6, 6.07) is 7.97. The van der Waals surface area contributed by atoms with Crippen molar-refractivity contribution in [2.24, 2.45) is 17.6 Å². The van der Waals surface area contributed by atoms with Gasteiger partial charge in [-0.25, -0.2) is 23.4 Å². The summed E-state index contributed by atoms with van der Waals surface area (Å²) in [7, 11) is 0. The summed E-state index contributed by atoms with van der Waals surface area (Å²) in [5, 5.41) is 5.58. The lowest BCUT2D eigenvalue weighted by Crippen LogP contribution is -2.48. The van der Waals surface area contributed by atoms with Gasteiger partial charge in [0.2, 0.25) is 17.4 Å². The van der Waals surface area contributed by atoms with Crippen LogP contribution in [0.15, 0.2) is 39.6 Å². The number of alkyl carbamates (subject to hydrolysis) is 1. The highest BCUT2D eigenvalue weighted by atomic mass is 79.9. The molecule has 2 aromatic heterocycles. The Balaban J connectivity index is 1.27. The van der Waals surface area contributed by atoms with Crippen LogP contribution in [0.5, 0.6) is 0 Å². The van der Waals surface area contributed by atoms with E-state index in [1.54, 1.807) is 47.6 Å². The van der Waals surface area contributed by atoms with Crippen LogP contribution in [0, 0.1) is 11.8 Å². The van der Waals surface area contributed by atoms with Crippen LogP contribution >= 0.6 is 15.9 Å². The molecule has 2 aliphatic heterocycles. The fourth-order valence-corrected chi connectivity index (χ4v) is 8.01. The van der Waals surface area contributed by atoms with E-state index in [0.717, 1.165) is 15.4 Å². The first-order valence-corrected chi connectivity index (χ1v) is 21.1. The van der Waals surface area contributed by atoms with Crippen molar-refractivity contribution in [2.75, 3.05) is 6.54 Å². The van der Waals surface area contributed by atoms with E-state index in [2.05, 4.69) is 26.6 Å². The predicted octanol–water partition coefficient (Wildman–Crippen LogP) is 6.10. The van der Waals surface area contributed by atoms with E-state index in [0.29, 0.717) is 23.3 Å². The third kappa shape index (κ3) is 11.0. The number of amides is 3. The smallest absolute Gasteiger partial charge is 0.408 e. The number of rotatable bonds is 18. The Morgan fingerprint density at radius 2 is 1.80 bits per heavy atom. The second kappa shape index (κ2) is 18.8. The van der Waals surface area contributed by atoms with Gasteiger partial charge >= 0.3 is 18.0 Å². The Labute approximate surface area is 360 Å². The third-order valence-corrected chi connectivity index (χ3v) is 11.4. The fraction of sp³-hybridized carbons (Fsp3) is 0.535. The van der Waals surface area contributed by atoms with Gasteiger partial charge in [0, 0.05) is 46.2 Å². The van der Waals surface area contributed by atoms with E-state index in [1.165, 1.54) is 4.57 Å². The van der Waals surface area contributed by atoms with Crippen molar-refractivity contribution < 1.29 is 51.8 Å². The molecule has 5 rings (SSSR count). The lowest BCUT2D eigenvalue weighted by Gasteiger charge is -2.35. The number of ketones is 1. The van der Waals surface area contributed by atoms with Crippen LogP contribution in [-0.4, -0.2) is 69.3 Å². The first-order chi connectivity index (χ1) is 28.6. The number of benzene rings is 1. The maximum absolute atomic E-state index is 15.4. The van der Waals surface area contributed by atoms with Crippen LogP contribution in [0.1, 0.15) is 110 Å². The highest BCUT2D eigenvalue weighted by molar-refractivity contribution is 9.10. The van der Waals surface area contributed by atoms with E-state index in [9.17, 15) is 33.6 Å². The average Bonchev–Trinajstić information content (AvgIpc) is 3.54. The van der Waals surface area contributed by atoms with Crippen molar-refractivity contribution in [3.05, 3.63) is 61.8 Å². The van der Waals surface area contributed by atoms with E-state index in [4.69, 9.17) is 24.9 Å². The molecule has 0 saturated heterocycles. The number of primary amides is 1. The molecule has 3 aromatic rings. The van der Waals surface area contributed by atoms with Gasteiger partial charge in [-0.1, -0.05) is 49.2 Å². The summed E-state index contributed by atoms with van der Waals surface area (Å²) in [6.07, 6.45) is -2.72. The number of Topliss-reactive ketones (excluding diaryl/α,β-unsaturated/α-hetero) is 1. The average molecular weight is 917 g/mol. The van der Waals surface area contributed by atoms with Crippen molar-refractivity contribution >= 4 is 62.5 Å². The zero-order chi connectivity index (χ0) is 45.0. The molecular weight excluding hydrogens is 864 g/mol. The van der Waals surface area contributed by atoms with Crippen molar-refractivity contribution in [1.29, 1.82) is 0 Å². The van der Waals surface area contributed by atoms with Gasteiger partial charge in [0.25, 0.3) is 11.5 Å². The quantitative estimate of drug-likeness (QED) is 0.0590. The van der Waals surface area contributed by atoms with Gasteiger partial charge in [0.05, 0.1) is 48.0 Å². The molecule has 330 valence electrons. The van der Waals surface area contributed by atoms with Gasteiger partial charge in [-0.3, -0.25) is 24.0 Å². The molecule has 4 N–H and O–H groups in total. The van der Waals surface area contributed by atoms with Gasteiger partial charge < -0.3 is 35.1 Å². The largest absolute Gasteiger partial charge is 0.457 e. The van der Waals surface area contributed by atoms with Crippen molar-refractivity contribution in [1.82, 2.24) is 20.2 Å². The van der Waals surface area contributed by atoms with Gasteiger partial charge in [0.15, 0.2) is 5.78 Å². The number of cyclic esters (lactones) is 1. The van der Waals surface area contributed by atoms with Crippen LogP contribution < -0.4 is 21.9 Å². The normalized spacial score (nSPS) is 16.8. The molecule has 4 heterocycles. The monoisotopic (exact) mass is 915 g/mol. The Morgan fingerprint density at radius 3 is 2.46 bits per heavy atom. The number of halogens is 3. The van der Waals surface area contributed by atoms with E-state index in [-0.39, 0.29) is 50.0 Å². The second-order valence-electron chi connectivity index (χ2n) is 16.9. The molecule has 1 aromatic carbocycles. The minimum absolute atomic E-state index is 0.0218. The lowest BCUT2D eigenvalue weighted by molar-refractivity contribution is -0.190. The molecule has 18 heteroatoms. The van der Waals surface area contributed by atoms with Gasteiger partial charge in [-0.15, -0.1) is 0 Å². The third-order valence-electron chi connectivity index (χ3n) is 10.7. The number of unbranched alkanes of at least 4 members (excludes halogenated alkanes) is 1. The van der Waals surface area contributed by atoms with Crippen LogP contribution in [-0.2, 0) is 56.9 Å². The number of hydrogen-bond acceptors (Lipinski definition) is 11. The van der Waals surface area contributed by atoms with Crippen LogP contribution in [0.3, 0.4) is 0 Å². The number of nitrogens with two attached hydrogens (primary N) is 1. The molecular formula is C43H52BrF2N5O10. The molecule has 3 amide bonds. The van der Waals surface area contributed by atoms with Crippen molar-refractivity contribution in [3.8, 4) is 11.4 Å². The Bertz CT molecular complexity index is 2290. The maximum atomic E-state index is 15.4. The van der Waals surface area contributed by atoms with Crippen LogP contribution in [0.2, 0.25) is 0 Å². The SMILES string of the molecule is CC[C@@]1(OC(=O)CCC(F)(F)CNC(=O)[C@H](CCCCC(N)=O)CC(=O)[C@@H](NC(=O)OC(C)(C)C)C(C)C)C(=O)OCc2c1cc1n(c2=O)Cc2cc3c(Br)cccc3nc2-1. The minimum Gasteiger partial charge on any atom is -0.457 e. The number of pyridine rings is 2. The Kier molecular flexibility index (Phi) is 14.4. The van der Waals surface area contributed by atoms with E-state index in [1.807, 2.05) is 24.3 Å². The zero-order valence-corrected chi connectivity index (χ0v) is 36.7. The molecule has 3 atom stereocenters. The number of hydrogen-bond donors (Lipinski definition) is 3. The number of carbonyl (C=O) groups excluding carboxylic acids is 6. The molecule has 61 heavy (non-hydrogen) atoms. The number of nitrogens with one attached hydrogen (secondary N) is 2. The molecule has 0 radical (unpaired) electrons. The molecule has 15 nitrogen and oxygen atoms in total. The van der Waals surface area contributed by atoms with Crippen molar-refractivity contribution in [3.63, 3.8) is 0 Å². The zero-order valence-electron chi connectivity index (χ0n) is 35.1. The summed E-state index contributed by atoms with van der Waals surface area (Å²) in [5.41, 5.74) is 4.33. The van der Waals surface area contributed by atoms with Crippen LogP contribution in [0.4, 0.5) is 13.6 Å². The molecule has 2 aliphatic rings. The molecule has 0 unspecified atom stereocenters. The highest BCUT2D eigenvalue weighted by Crippen LogP contribution is 2.42. The summed E-state index contributed by atoms with van der Waals surface area (Å²) in [5.74, 6) is -9.21. The number of alkyl halides is 2. The first-order valence-electron chi connectivity index (χ1n) is 20.3. The van der Waals surface area contributed by atoms with Gasteiger partial charge in [0.1, 0.15) is 12.2 Å². The number of esters is 2. The van der Waals surface area contributed by atoms with Gasteiger partial charge in [-0.05, 0) is 70.2 Å². The molecule has 0 aliphatic carbocycles. The lowest BCUT2D eigenvalue weighted by atomic mass is 9.85. The summed E-state index contributed by atoms with van der Waals surface area (Å²) < 4.78 is 49.4. The topological polar surface area (TPSA) is 215 Å². The maximum Gasteiger partial charge on any atom is 0.408 e. The molecule has 0 saturated carbocycles. The second-order valence-corrected chi connectivity index (χ2v) is 17.7. The summed E-state index contributed by atoms with van der Waals surface area (Å²) in [4.78, 5) is 96.1. The predicted molar refractivity (Wildman–Crippen MR) is 222 cm³/mol. The number of ether oxygens (including phenoxy) is 3. The minimum atomic E-state index is -3.65. The first kappa shape index (κ1) is 46.8. The standard InChI is InChI=1S/C43H52BrF2N5O10/c1-7-43(28-19-31-36-25(17-26-29(44)12-10-13-30(26)49-36)20-51(31)38(56)27(28)21-59-39(43)57)60-34(54)15-16-42(45,46)22-48-37(55)24(11-8-9-14-33(47)53)18-32(52)35(23(2)3)50-40(58)61-41(4,5)6/h10,12-13,17,19,23-24,35H,7-9,11,14-16,18,20-22H2,1-6H3,(H2,47,53)(H,48,55)(H,50,58)/t24-,35+,43+/m1/s1. The molecule has 0 bridgehead atoms. The van der Waals surface area contributed by atoms with Crippen molar-refractivity contribution in [2.45, 2.75) is 129 Å². The number of nitrogens with zero attached hydrogens (tertiary/aromatic N) is 2. The Morgan fingerprint density at radius 1 is 1.08 bits per heavy atom. The molecule has 0 fully saturated rings. The number of fused-ring (bicyclic) bond motifs is 5. The number of aromatic nitrogens is 2. The van der Waals surface area contributed by atoms with Gasteiger partial charge in [-0.2, -0.15) is 0 Å². The van der Waals surface area contributed by atoms with Crippen LogP contribution in [0.25, 0.3) is 22.3 Å². The number of carbonyl (C=O) groups is 6.